The molecule has 2 rings (SSSR count). The van der Waals surface area contributed by atoms with Crippen LogP contribution in [0.2, 0.25) is 0 Å². The van der Waals surface area contributed by atoms with E-state index in [1.165, 1.54) is 23.8 Å². The number of methoxy groups -OCH3 is 1. The van der Waals surface area contributed by atoms with E-state index in [1.54, 1.807) is 24.3 Å². The fourth-order valence-corrected chi connectivity index (χ4v) is 1.89. The Morgan fingerprint density at radius 2 is 1.26 bits per heavy atom. The maximum absolute atomic E-state index is 10.8. The minimum atomic E-state index is -0.291. The molecule has 0 aromatic heterocycles. The predicted octanol–water partition coefficient (Wildman–Crippen LogP) is 4.09. The number of hydrogen-bond donors (Lipinski definition) is 0. The van der Waals surface area contributed by atoms with Gasteiger partial charge in [-0.05, 0) is 32.9 Å². The molecule has 0 unspecified atom stereocenters. The first-order chi connectivity index (χ1) is 9.02. The van der Waals surface area contributed by atoms with Crippen LogP contribution in [0.25, 0.3) is 0 Å². The zero-order chi connectivity index (χ0) is 14.3. The molecule has 2 heteroatoms. The Hall–Kier alpha value is -2.09. The van der Waals surface area contributed by atoms with Gasteiger partial charge in [-0.15, -0.1) is 0 Å². The Labute approximate surface area is 115 Å². The second-order valence-corrected chi connectivity index (χ2v) is 4.52. The van der Waals surface area contributed by atoms with Crippen LogP contribution in [0.5, 0.6) is 0 Å². The molecule has 0 spiro atoms. The lowest BCUT2D eigenvalue weighted by molar-refractivity contribution is 0.0600. The number of esters is 1. The van der Waals surface area contributed by atoms with Gasteiger partial charge >= 0.3 is 5.97 Å². The molecule has 0 atom stereocenters. The quantitative estimate of drug-likeness (QED) is 0.718. The minimum absolute atomic E-state index is 0.291. The molecule has 0 amide bonds. The largest absolute Gasteiger partial charge is 0.465 e. The Bertz CT molecular complexity index is 480. The third-order valence-electron chi connectivity index (χ3n) is 2.56. The second-order valence-electron chi connectivity index (χ2n) is 4.52. The van der Waals surface area contributed by atoms with Crippen molar-refractivity contribution in [1.82, 2.24) is 0 Å². The van der Waals surface area contributed by atoms with E-state index >= 15 is 0 Å². The van der Waals surface area contributed by atoms with Crippen molar-refractivity contribution in [3.05, 3.63) is 70.8 Å². The molecule has 0 aliphatic heterocycles. The smallest absolute Gasteiger partial charge is 0.337 e. The normalized spacial score (nSPS) is 9.26. The number of carbonyl (C=O) groups is 1. The molecule has 0 heterocycles. The summed E-state index contributed by atoms with van der Waals surface area (Å²) in [6, 6.07) is 15.4. The van der Waals surface area contributed by atoms with E-state index in [9.17, 15) is 4.79 Å². The van der Waals surface area contributed by atoms with Crippen molar-refractivity contribution >= 4 is 5.97 Å². The number of aryl methyl sites for hydroxylation is 3. The molecular formula is C17H20O2. The van der Waals surface area contributed by atoms with Crippen LogP contribution in [-0.2, 0) is 4.74 Å². The Morgan fingerprint density at radius 1 is 0.842 bits per heavy atom. The van der Waals surface area contributed by atoms with Crippen molar-refractivity contribution in [3.8, 4) is 0 Å². The van der Waals surface area contributed by atoms with Gasteiger partial charge in [-0.3, -0.25) is 0 Å². The summed E-state index contributed by atoms with van der Waals surface area (Å²) in [5.41, 5.74) is 4.65. The van der Waals surface area contributed by atoms with Gasteiger partial charge in [0.05, 0.1) is 12.7 Å². The minimum Gasteiger partial charge on any atom is -0.465 e. The van der Waals surface area contributed by atoms with Gasteiger partial charge in [0, 0.05) is 0 Å². The van der Waals surface area contributed by atoms with Crippen LogP contribution in [0.1, 0.15) is 27.0 Å². The third kappa shape index (κ3) is 5.38. The van der Waals surface area contributed by atoms with Gasteiger partial charge in [0.1, 0.15) is 0 Å². The van der Waals surface area contributed by atoms with E-state index in [4.69, 9.17) is 0 Å². The highest BCUT2D eigenvalue weighted by atomic mass is 16.5. The molecule has 0 saturated heterocycles. The average molecular weight is 256 g/mol. The molecule has 0 radical (unpaired) electrons. The van der Waals surface area contributed by atoms with Gasteiger partial charge in [-0.1, -0.05) is 53.1 Å². The standard InChI is InChI=1S/C9H12.C8H8O2/c1-7-4-8(2)6-9(3)5-7;1-10-8(9)7-5-3-2-4-6-7/h4-6H,1-3H3;2-6H,1H3. The maximum Gasteiger partial charge on any atom is 0.337 e. The van der Waals surface area contributed by atoms with Gasteiger partial charge in [0.15, 0.2) is 0 Å². The van der Waals surface area contributed by atoms with Crippen molar-refractivity contribution < 1.29 is 9.53 Å². The van der Waals surface area contributed by atoms with Crippen LogP contribution in [0.4, 0.5) is 0 Å². The molecule has 19 heavy (non-hydrogen) atoms. The van der Waals surface area contributed by atoms with Crippen LogP contribution in [0.15, 0.2) is 48.5 Å². The summed E-state index contributed by atoms with van der Waals surface area (Å²) in [6.07, 6.45) is 0. The lowest BCUT2D eigenvalue weighted by Gasteiger charge is -1.96. The highest BCUT2D eigenvalue weighted by Gasteiger charge is 2.00. The first kappa shape index (κ1) is 15.0. The molecule has 0 aliphatic rings. The Kier molecular flexibility index (Phi) is 5.80. The molecule has 2 aromatic rings. The summed E-state index contributed by atoms with van der Waals surface area (Å²) < 4.78 is 4.50. The van der Waals surface area contributed by atoms with E-state index in [2.05, 4.69) is 43.7 Å². The molecular weight excluding hydrogens is 236 g/mol. The van der Waals surface area contributed by atoms with Crippen molar-refractivity contribution in [2.24, 2.45) is 0 Å². The Balaban J connectivity index is 0.000000191. The van der Waals surface area contributed by atoms with E-state index in [-0.39, 0.29) is 5.97 Å². The van der Waals surface area contributed by atoms with Crippen LogP contribution < -0.4 is 0 Å². The first-order valence-corrected chi connectivity index (χ1v) is 6.21. The summed E-state index contributed by atoms with van der Waals surface area (Å²) in [6.45, 7) is 6.38. The summed E-state index contributed by atoms with van der Waals surface area (Å²) in [4.78, 5) is 10.8. The number of ether oxygens (including phenoxy) is 1. The summed E-state index contributed by atoms with van der Waals surface area (Å²) in [7, 11) is 1.37. The first-order valence-electron chi connectivity index (χ1n) is 6.21. The Morgan fingerprint density at radius 3 is 1.63 bits per heavy atom. The van der Waals surface area contributed by atoms with Gasteiger partial charge in [-0.2, -0.15) is 0 Å². The zero-order valence-corrected chi connectivity index (χ0v) is 11.9. The predicted molar refractivity (Wildman–Crippen MR) is 78.4 cm³/mol. The highest BCUT2D eigenvalue weighted by molar-refractivity contribution is 5.89. The molecule has 0 N–H and O–H groups in total. The van der Waals surface area contributed by atoms with Gasteiger partial charge in [0.25, 0.3) is 0 Å². The molecule has 0 aliphatic carbocycles. The number of rotatable bonds is 1. The van der Waals surface area contributed by atoms with Crippen LogP contribution in [0.3, 0.4) is 0 Å². The second kappa shape index (κ2) is 7.37. The monoisotopic (exact) mass is 256 g/mol. The molecule has 100 valence electrons. The van der Waals surface area contributed by atoms with Gasteiger partial charge in [-0.25, -0.2) is 4.79 Å². The van der Waals surface area contributed by atoms with Crippen LogP contribution in [0, 0.1) is 20.8 Å². The fraction of sp³-hybridized carbons (Fsp3) is 0.235. The van der Waals surface area contributed by atoms with E-state index < -0.39 is 0 Å². The average Bonchev–Trinajstić information content (AvgIpc) is 2.38. The summed E-state index contributed by atoms with van der Waals surface area (Å²) in [5, 5.41) is 0. The number of hydrogen-bond acceptors (Lipinski definition) is 2. The lowest BCUT2D eigenvalue weighted by Crippen LogP contribution is -1.99. The molecule has 0 fully saturated rings. The van der Waals surface area contributed by atoms with Crippen LogP contribution >= 0.6 is 0 Å². The van der Waals surface area contributed by atoms with Crippen molar-refractivity contribution in [1.29, 1.82) is 0 Å². The van der Waals surface area contributed by atoms with Gasteiger partial charge < -0.3 is 4.74 Å². The number of benzene rings is 2. The van der Waals surface area contributed by atoms with Crippen molar-refractivity contribution in [2.75, 3.05) is 7.11 Å². The molecule has 0 bridgehead atoms. The summed E-state index contributed by atoms with van der Waals surface area (Å²) in [5.74, 6) is -0.291. The van der Waals surface area contributed by atoms with Gasteiger partial charge in [0.2, 0.25) is 0 Å². The molecule has 2 nitrogen and oxygen atoms in total. The van der Waals surface area contributed by atoms with E-state index in [0.29, 0.717) is 5.56 Å². The van der Waals surface area contributed by atoms with Crippen LogP contribution in [-0.4, -0.2) is 13.1 Å². The zero-order valence-electron chi connectivity index (χ0n) is 11.9. The SMILES string of the molecule is COC(=O)c1ccccc1.Cc1cc(C)cc(C)c1. The third-order valence-corrected chi connectivity index (χ3v) is 2.56. The fourth-order valence-electron chi connectivity index (χ4n) is 1.89. The highest BCUT2D eigenvalue weighted by Crippen LogP contribution is 2.06. The summed E-state index contributed by atoms with van der Waals surface area (Å²) >= 11 is 0. The lowest BCUT2D eigenvalue weighted by atomic mass is 10.1. The van der Waals surface area contributed by atoms with E-state index in [1.807, 2.05) is 6.07 Å². The number of carbonyl (C=O) groups excluding carboxylic acids is 1. The van der Waals surface area contributed by atoms with Crippen molar-refractivity contribution in [2.45, 2.75) is 20.8 Å². The topological polar surface area (TPSA) is 26.3 Å². The van der Waals surface area contributed by atoms with E-state index in [0.717, 1.165) is 0 Å². The molecule has 2 aromatic carbocycles. The van der Waals surface area contributed by atoms with Crippen molar-refractivity contribution in [3.63, 3.8) is 0 Å². The maximum atomic E-state index is 10.8. The molecule has 0 saturated carbocycles.